The second-order valence-corrected chi connectivity index (χ2v) is 9.21. The normalized spacial score (nSPS) is 13.6. The number of aromatic nitrogens is 2. The molecular formula is C22H19N3O2S2. The van der Waals surface area contributed by atoms with Crippen molar-refractivity contribution < 1.29 is 4.79 Å². The van der Waals surface area contributed by atoms with Crippen molar-refractivity contribution in [3.8, 4) is 10.4 Å². The molecule has 0 fully saturated rings. The first-order valence-corrected chi connectivity index (χ1v) is 11.2. The van der Waals surface area contributed by atoms with Gasteiger partial charge in [0.1, 0.15) is 11.4 Å². The maximum absolute atomic E-state index is 13.1. The van der Waals surface area contributed by atoms with Crippen LogP contribution in [0.5, 0.6) is 0 Å². The lowest BCUT2D eigenvalue weighted by Gasteiger charge is -2.27. The molecule has 3 aromatic heterocycles. The topological polar surface area (TPSA) is 55.2 Å². The number of hydrogen-bond acceptors (Lipinski definition) is 5. The molecule has 146 valence electrons. The quantitative estimate of drug-likeness (QED) is 0.501. The molecule has 0 atom stereocenters. The van der Waals surface area contributed by atoms with Crippen molar-refractivity contribution in [3.63, 3.8) is 0 Å². The van der Waals surface area contributed by atoms with Crippen LogP contribution in [0.1, 0.15) is 16.0 Å². The fourth-order valence-corrected chi connectivity index (χ4v) is 5.88. The molecule has 4 heterocycles. The zero-order valence-electron chi connectivity index (χ0n) is 15.9. The first-order chi connectivity index (χ1) is 14.1. The molecule has 4 aromatic rings. The van der Waals surface area contributed by atoms with Gasteiger partial charge in [0.25, 0.3) is 5.56 Å². The van der Waals surface area contributed by atoms with Gasteiger partial charge in [-0.25, -0.2) is 4.98 Å². The van der Waals surface area contributed by atoms with E-state index in [9.17, 15) is 9.59 Å². The van der Waals surface area contributed by atoms with Crippen LogP contribution < -0.4 is 5.56 Å². The number of nitrogens with zero attached hydrogens (tertiary/aromatic N) is 3. The number of carbonyl (C=O) groups is 1. The minimum atomic E-state index is -0.146. The van der Waals surface area contributed by atoms with Gasteiger partial charge in [0.2, 0.25) is 5.91 Å². The summed E-state index contributed by atoms with van der Waals surface area (Å²) in [6.07, 6.45) is 2.39. The van der Waals surface area contributed by atoms with Crippen LogP contribution in [0.15, 0.2) is 52.9 Å². The summed E-state index contributed by atoms with van der Waals surface area (Å²) in [5.41, 5.74) is 3.08. The maximum atomic E-state index is 13.1. The van der Waals surface area contributed by atoms with E-state index in [-0.39, 0.29) is 18.0 Å². The summed E-state index contributed by atoms with van der Waals surface area (Å²) in [6.45, 7) is 3.31. The first kappa shape index (κ1) is 18.3. The van der Waals surface area contributed by atoms with Crippen LogP contribution in [0, 0.1) is 6.92 Å². The summed E-state index contributed by atoms with van der Waals surface area (Å²) in [7, 11) is 0. The molecule has 1 aromatic carbocycles. The molecule has 0 aliphatic carbocycles. The van der Waals surface area contributed by atoms with Crippen LogP contribution in [0.25, 0.3) is 20.7 Å². The number of hydrogen-bond donors (Lipinski definition) is 0. The minimum absolute atomic E-state index is 0.0250. The van der Waals surface area contributed by atoms with Crippen molar-refractivity contribution in [1.29, 1.82) is 0 Å². The first-order valence-electron chi connectivity index (χ1n) is 9.49. The molecule has 1 amide bonds. The monoisotopic (exact) mass is 421 g/mol. The third kappa shape index (κ3) is 3.20. The molecule has 0 spiro atoms. The molecule has 0 unspecified atom stereocenters. The molecular weight excluding hydrogens is 402 g/mol. The van der Waals surface area contributed by atoms with Gasteiger partial charge in [-0.2, -0.15) is 0 Å². The van der Waals surface area contributed by atoms with Gasteiger partial charge in [-0.1, -0.05) is 30.3 Å². The molecule has 0 saturated heterocycles. The van der Waals surface area contributed by atoms with Crippen LogP contribution in [0.3, 0.4) is 0 Å². The third-order valence-electron chi connectivity index (χ3n) is 5.42. The highest BCUT2D eigenvalue weighted by Crippen LogP contribution is 2.35. The van der Waals surface area contributed by atoms with Gasteiger partial charge >= 0.3 is 0 Å². The largest absolute Gasteiger partial charge is 0.336 e. The smallest absolute Gasteiger partial charge is 0.262 e. The number of thiophene rings is 2. The second kappa shape index (κ2) is 7.24. The highest BCUT2D eigenvalue weighted by atomic mass is 32.1. The average molecular weight is 422 g/mol. The molecule has 0 bridgehead atoms. The maximum Gasteiger partial charge on any atom is 0.262 e. The summed E-state index contributed by atoms with van der Waals surface area (Å²) >= 11 is 3.27. The lowest BCUT2D eigenvalue weighted by molar-refractivity contribution is -0.132. The Morgan fingerprint density at radius 1 is 1.21 bits per heavy atom. The van der Waals surface area contributed by atoms with Crippen LogP contribution in [-0.2, 0) is 24.3 Å². The zero-order chi connectivity index (χ0) is 20.0. The Kier molecular flexibility index (Phi) is 4.56. The number of fused-ring (bicyclic) bond motifs is 2. The van der Waals surface area contributed by atoms with Gasteiger partial charge in [-0.05, 0) is 41.5 Å². The Bertz CT molecular complexity index is 1270. The molecule has 0 saturated carbocycles. The molecule has 29 heavy (non-hydrogen) atoms. The Hall–Kier alpha value is -2.77. The van der Waals surface area contributed by atoms with E-state index in [4.69, 9.17) is 0 Å². The lowest BCUT2D eigenvalue weighted by Crippen LogP contribution is -2.39. The molecule has 5 rings (SSSR count). The fourth-order valence-electron chi connectivity index (χ4n) is 3.84. The van der Waals surface area contributed by atoms with E-state index in [0.717, 1.165) is 27.3 Å². The molecule has 1 aliphatic heterocycles. The summed E-state index contributed by atoms with van der Waals surface area (Å²) in [4.78, 5) is 35.4. The number of aryl methyl sites for hydroxylation is 1. The van der Waals surface area contributed by atoms with E-state index in [0.29, 0.717) is 18.5 Å². The Balaban J connectivity index is 1.45. The fraction of sp³-hybridized carbons (Fsp3) is 0.227. The SMILES string of the molecule is Cc1c(-c2ccccc2)sc2ncn(CC(=O)N3CCc4sccc4C3)c(=O)c12. The van der Waals surface area contributed by atoms with Crippen molar-refractivity contribution in [2.75, 3.05) is 6.54 Å². The Morgan fingerprint density at radius 3 is 2.86 bits per heavy atom. The van der Waals surface area contributed by atoms with Crippen molar-refractivity contribution in [2.24, 2.45) is 0 Å². The summed E-state index contributed by atoms with van der Waals surface area (Å²) in [6, 6.07) is 12.1. The second-order valence-electron chi connectivity index (χ2n) is 7.21. The van der Waals surface area contributed by atoms with Crippen molar-refractivity contribution >= 4 is 38.8 Å². The van der Waals surface area contributed by atoms with Gasteiger partial charge < -0.3 is 4.90 Å². The van der Waals surface area contributed by atoms with Gasteiger partial charge in [0.05, 0.1) is 11.7 Å². The van der Waals surface area contributed by atoms with Crippen LogP contribution >= 0.6 is 22.7 Å². The molecule has 7 heteroatoms. The molecule has 0 radical (unpaired) electrons. The van der Waals surface area contributed by atoms with Crippen molar-refractivity contribution in [2.45, 2.75) is 26.4 Å². The van der Waals surface area contributed by atoms with E-state index < -0.39 is 0 Å². The number of amides is 1. The zero-order valence-corrected chi connectivity index (χ0v) is 17.6. The number of carbonyl (C=O) groups excluding carboxylic acids is 1. The van der Waals surface area contributed by atoms with Gasteiger partial charge in [-0.15, -0.1) is 22.7 Å². The van der Waals surface area contributed by atoms with Gasteiger partial charge in [0.15, 0.2) is 0 Å². The predicted molar refractivity (Wildman–Crippen MR) is 117 cm³/mol. The minimum Gasteiger partial charge on any atom is -0.336 e. The number of benzene rings is 1. The standard InChI is InChI=1S/C22H19N3O2S2/c1-14-19-21(29-20(14)15-5-3-2-4-6-15)23-13-25(22(19)27)12-18(26)24-9-7-17-16(11-24)8-10-28-17/h2-6,8,10,13H,7,9,11-12H2,1H3. The van der Waals surface area contributed by atoms with Crippen LogP contribution in [-0.4, -0.2) is 26.9 Å². The van der Waals surface area contributed by atoms with Gasteiger partial charge in [0, 0.05) is 22.8 Å². The Labute approximate surface area is 175 Å². The highest BCUT2D eigenvalue weighted by molar-refractivity contribution is 7.22. The van der Waals surface area contributed by atoms with E-state index in [2.05, 4.69) is 16.4 Å². The predicted octanol–water partition coefficient (Wildman–Crippen LogP) is 4.08. The third-order valence-corrected chi connectivity index (χ3v) is 7.69. The summed E-state index contributed by atoms with van der Waals surface area (Å²) < 4.78 is 1.45. The van der Waals surface area contributed by atoms with Crippen molar-refractivity contribution in [1.82, 2.24) is 14.5 Å². The van der Waals surface area contributed by atoms with E-state index in [1.807, 2.05) is 42.2 Å². The van der Waals surface area contributed by atoms with Crippen molar-refractivity contribution in [3.05, 3.63) is 74.5 Å². The van der Waals surface area contributed by atoms with Crippen LogP contribution in [0.4, 0.5) is 0 Å². The number of rotatable bonds is 3. The Morgan fingerprint density at radius 2 is 2.03 bits per heavy atom. The molecule has 0 N–H and O–H groups in total. The van der Waals surface area contributed by atoms with E-state index >= 15 is 0 Å². The molecule has 1 aliphatic rings. The van der Waals surface area contributed by atoms with E-state index in [1.54, 1.807) is 11.3 Å². The van der Waals surface area contributed by atoms with Gasteiger partial charge in [-0.3, -0.25) is 14.2 Å². The summed E-state index contributed by atoms with van der Waals surface area (Å²) in [5, 5.41) is 2.69. The average Bonchev–Trinajstić information content (AvgIpc) is 3.34. The highest BCUT2D eigenvalue weighted by Gasteiger charge is 2.23. The van der Waals surface area contributed by atoms with Crippen LogP contribution in [0.2, 0.25) is 0 Å². The summed E-state index contributed by atoms with van der Waals surface area (Å²) in [5.74, 6) is -0.0405. The lowest BCUT2D eigenvalue weighted by atomic mass is 10.1. The van der Waals surface area contributed by atoms with E-state index in [1.165, 1.54) is 32.7 Å². The molecule has 5 nitrogen and oxygen atoms in total.